The van der Waals surface area contributed by atoms with E-state index in [9.17, 15) is 0 Å². The van der Waals surface area contributed by atoms with Crippen molar-refractivity contribution >= 4 is 39.1 Å². The van der Waals surface area contributed by atoms with Crippen molar-refractivity contribution in [1.82, 2.24) is 9.97 Å². The molecule has 1 aliphatic heterocycles. The molecule has 0 aliphatic carbocycles. The number of nitrogens with zero attached hydrogens (tertiary/aromatic N) is 2. The van der Waals surface area contributed by atoms with Gasteiger partial charge in [0.05, 0.1) is 11.1 Å². The lowest BCUT2D eigenvalue weighted by atomic mass is 10.2. The Labute approximate surface area is 132 Å². The maximum absolute atomic E-state index is 5.64. The predicted molar refractivity (Wildman–Crippen MR) is 89.8 cm³/mol. The summed E-state index contributed by atoms with van der Waals surface area (Å²) >= 11 is 3.63. The van der Waals surface area contributed by atoms with E-state index in [1.54, 1.807) is 11.3 Å². The molecule has 0 amide bonds. The van der Waals surface area contributed by atoms with Crippen LogP contribution in [0, 0.1) is 13.8 Å². The number of nitrogen functional groups attached to an aromatic ring is 1. The number of rotatable bonds is 4. The minimum absolute atomic E-state index is 0.652. The monoisotopic (exact) mass is 324 g/mol. The quantitative estimate of drug-likeness (QED) is 0.665. The fourth-order valence-corrected chi connectivity index (χ4v) is 4.59. The van der Waals surface area contributed by atoms with E-state index in [-0.39, 0.29) is 0 Å². The molecule has 21 heavy (non-hydrogen) atoms. The molecule has 3 N–H and O–H groups in total. The van der Waals surface area contributed by atoms with Crippen molar-refractivity contribution in [2.45, 2.75) is 37.7 Å². The lowest BCUT2D eigenvalue weighted by Crippen LogP contribution is -2.18. The molecule has 7 heteroatoms. The van der Waals surface area contributed by atoms with Gasteiger partial charge in [-0.05, 0) is 32.3 Å². The molecule has 5 nitrogen and oxygen atoms in total. The third-order valence-corrected chi connectivity index (χ3v) is 6.30. The molecule has 1 fully saturated rings. The average Bonchev–Trinajstić information content (AvgIpc) is 2.80. The van der Waals surface area contributed by atoms with Gasteiger partial charge in [-0.2, -0.15) is 11.8 Å². The molecule has 1 aliphatic rings. The van der Waals surface area contributed by atoms with Crippen LogP contribution in [-0.2, 0) is 10.5 Å². The molecule has 2 aromatic heterocycles. The van der Waals surface area contributed by atoms with Gasteiger partial charge in [-0.25, -0.2) is 15.8 Å². The van der Waals surface area contributed by atoms with E-state index >= 15 is 0 Å². The van der Waals surface area contributed by atoms with Gasteiger partial charge in [0.15, 0.2) is 5.82 Å². The van der Waals surface area contributed by atoms with E-state index in [0.29, 0.717) is 5.25 Å². The fourth-order valence-electron chi connectivity index (χ4n) is 2.50. The first-order chi connectivity index (χ1) is 10.2. The van der Waals surface area contributed by atoms with Crippen LogP contribution in [-0.4, -0.2) is 28.4 Å². The summed E-state index contributed by atoms with van der Waals surface area (Å²) in [4.78, 5) is 11.6. The maximum Gasteiger partial charge on any atom is 0.152 e. The first-order valence-electron chi connectivity index (χ1n) is 7.11. The summed E-state index contributed by atoms with van der Waals surface area (Å²) in [5, 5.41) is 1.71. The molecule has 3 rings (SSSR count). The third-order valence-electron chi connectivity index (χ3n) is 3.83. The first-order valence-corrected chi connectivity index (χ1v) is 8.98. The van der Waals surface area contributed by atoms with Crippen LogP contribution < -0.4 is 11.3 Å². The van der Waals surface area contributed by atoms with Crippen LogP contribution in [0.15, 0.2) is 0 Å². The van der Waals surface area contributed by atoms with E-state index in [4.69, 9.17) is 15.6 Å². The lowest BCUT2D eigenvalue weighted by molar-refractivity contribution is 0.1000. The topological polar surface area (TPSA) is 73.1 Å². The van der Waals surface area contributed by atoms with Crippen molar-refractivity contribution in [2.75, 3.05) is 18.6 Å². The van der Waals surface area contributed by atoms with Crippen molar-refractivity contribution in [3.63, 3.8) is 0 Å². The summed E-state index contributed by atoms with van der Waals surface area (Å²) in [5.41, 5.74) is 3.94. The number of aromatic nitrogens is 2. The Morgan fingerprint density at radius 2 is 2.10 bits per heavy atom. The van der Waals surface area contributed by atoms with Crippen LogP contribution in [0.3, 0.4) is 0 Å². The van der Waals surface area contributed by atoms with Gasteiger partial charge in [-0.1, -0.05) is 0 Å². The Balaban J connectivity index is 1.82. The average molecular weight is 324 g/mol. The van der Waals surface area contributed by atoms with E-state index in [2.05, 4.69) is 24.3 Å². The van der Waals surface area contributed by atoms with Gasteiger partial charge in [-0.15, -0.1) is 11.3 Å². The molecule has 3 heterocycles. The van der Waals surface area contributed by atoms with Crippen molar-refractivity contribution in [1.29, 1.82) is 0 Å². The molecule has 114 valence electrons. The molecule has 1 saturated heterocycles. The molecule has 0 radical (unpaired) electrons. The Bertz CT molecular complexity index is 637. The number of ether oxygens (including phenoxy) is 1. The molecule has 2 aromatic rings. The van der Waals surface area contributed by atoms with E-state index in [1.165, 1.54) is 10.4 Å². The number of thioether (sulfide) groups is 1. The number of fused-ring (bicyclic) bond motifs is 1. The summed E-state index contributed by atoms with van der Waals surface area (Å²) in [6.45, 7) is 5.94. The minimum Gasteiger partial charge on any atom is -0.381 e. The van der Waals surface area contributed by atoms with E-state index < -0.39 is 0 Å². The van der Waals surface area contributed by atoms with Crippen molar-refractivity contribution in [3.8, 4) is 0 Å². The Hall–Kier alpha value is -0.890. The van der Waals surface area contributed by atoms with Crippen LogP contribution in [0.5, 0.6) is 0 Å². The highest BCUT2D eigenvalue weighted by molar-refractivity contribution is 7.99. The molecule has 0 aromatic carbocycles. The number of nitrogens with one attached hydrogen (secondary N) is 1. The van der Waals surface area contributed by atoms with Gasteiger partial charge in [0, 0.05) is 23.3 Å². The number of hydrazine groups is 1. The van der Waals surface area contributed by atoms with Crippen LogP contribution in [0.1, 0.15) is 29.1 Å². The number of thiophene rings is 1. The summed E-state index contributed by atoms with van der Waals surface area (Å²) in [6.07, 6.45) is 2.23. The fraction of sp³-hybridized carbons (Fsp3) is 0.571. The highest BCUT2D eigenvalue weighted by Gasteiger charge is 2.17. The number of anilines is 1. The smallest absolute Gasteiger partial charge is 0.152 e. The van der Waals surface area contributed by atoms with Crippen molar-refractivity contribution in [3.05, 3.63) is 16.3 Å². The second-order valence-corrected chi connectivity index (χ2v) is 7.71. The predicted octanol–water partition coefficient (Wildman–Crippen LogP) is 3.01. The molecular formula is C14H20N4OS2. The second-order valence-electron chi connectivity index (χ2n) is 5.22. The van der Waals surface area contributed by atoms with Crippen molar-refractivity contribution in [2.24, 2.45) is 5.84 Å². The SMILES string of the molecule is Cc1sc2nc(CSC3CCOCC3)nc(NN)c2c1C. The van der Waals surface area contributed by atoms with E-state index in [1.807, 2.05) is 11.8 Å². The molecule has 0 saturated carbocycles. The van der Waals surface area contributed by atoms with Gasteiger partial charge in [-0.3, -0.25) is 0 Å². The second kappa shape index (κ2) is 6.48. The third kappa shape index (κ3) is 3.15. The zero-order chi connectivity index (χ0) is 14.8. The molecule has 0 spiro atoms. The first kappa shape index (κ1) is 15.0. The maximum atomic E-state index is 5.64. The normalized spacial score (nSPS) is 16.5. The summed E-state index contributed by atoms with van der Waals surface area (Å²) < 4.78 is 5.39. The standard InChI is InChI=1S/C14H20N4OS2/c1-8-9(2)21-14-12(8)13(18-15)16-11(17-14)7-20-10-3-5-19-6-4-10/h10H,3-7,15H2,1-2H3,(H,16,17,18). The zero-order valence-corrected chi connectivity index (χ0v) is 13.9. The van der Waals surface area contributed by atoms with Gasteiger partial charge < -0.3 is 10.2 Å². The van der Waals surface area contributed by atoms with Gasteiger partial charge >= 0.3 is 0 Å². The van der Waals surface area contributed by atoms with Gasteiger partial charge in [0.1, 0.15) is 10.7 Å². The zero-order valence-electron chi connectivity index (χ0n) is 12.3. The Morgan fingerprint density at radius 3 is 2.81 bits per heavy atom. The molecule has 0 atom stereocenters. The number of hydrogen-bond donors (Lipinski definition) is 2. The molecule has 0 bridgehead atoms. The van der Waals surface area contributed by atoms with Crippen LogP contribution in [0.4, 0.5) is 5.82 Å². The highest BCUT2D eigenvalue weighted by Crippen LogP contribution is 2.34. The van der Waals surface area contributed by atoms with Gasteiger partial charge in [0.2, 0.25) is 0 Å². The van der Waals surface area contributed by atoms with Crippen LogP contribution in [0.25, 0.3) is 10.2 Å². The number of nitrogens with two attached hydrogens (primary N) is 1. The lowest BCUT2D eigenvalue weighted by Gasteiger charge is -2.21. The number of aryl methyl sites for hydroxylation is 2. The summed E-state index contributed by atoms with van der Waals surface area (Å²) in [7, 11) is 0. The molecular weight excluding hydrogens is 304 g/mol. The number of hydrogen-bond acceptors (Lipinski definition) is 7. The Morgan fingerprint density at radius 1 is 1.33 bits per heavy atom. The van der Waals surface area contributed by atoms with E-state index in [0.717, 1.165) is 53.7 Å². The summed E-state index contributed by atoms with van der Waals surface area (Å²) in [5.74, 6) is 8.06. The largest absolute Gasteiger partial charge is 0.381 e. The highest BCUT2D eigenvalue weighted by atomic mass is 32.2. The van der Waals surface area contributed by atoms with Gasteiger partial charge in [0.25, 0.3) is 0 Å². The Kier molecular flexibility index (Phi) is 4.63. The van der Waals surface area contributed by atoms with Crippen molar-refractivity contribution < 1.29 is 4.74 Å². The summed E-state index contributed by atoms with van der Waals surface area (Å²) in [6, 6.07) is 0. The minimum atomic E-state index is 0.652. The van der Waals surface area contributed by atoms with Crippen LogP contribution >= 0.6 is 23.1 Å². The van der Waals surface area contributed by atoms with Crippen LogP contribution in [0.2, 0.25) is 0 Å². The molecule has 0 unspecified atom stereocenters.